The van der Waals surface area contributed by atoms with Gasteiger partial charge in [-0.05, 0) is 19.1 Å². The Morgan fingerprint density at radius 2 is 2.05 bits per heavy atom. The third kappa shape index (κ3) is 3.61. The van der Waals surface area contributed by atoms with E-state index < -0.39 is 18.1 Å². The zero-order chi connectivity index (χ0) is 16.0. The van der Waals surface area contributed by atoms with Crippen LogP contribution in [0.2, 0.25) is 0 Å². The number of allylic oxidation sites excluding steroid dienone is 4. The fraction of sp³-hybridized carbons (Fsp3) is 0.0667. The summed E-state index contributed by atoms with van der Waals surface area (Å²) in [6, 6.07) is 0. The lowest BCUT2D eigenvalue weighted by Crippen LogP contribution is -2.30. The first-order chi connectivity index (χ1) is 10.0. The highest BCUT2D eigenvalue weighted by Gasteiger charge is 2.23. The van der Waals surface area contributed by atoms with Crippen LogP contribution in [0.25, 0.3) is 12.2 Å². The Balaban J connectivity index is 3.57. The Morgan fingerprint density at radius 1 is 1.38 bits per heavy atom. The van der Waals surface area contributed by atoms with E-state index in [9.17, 15) is 14.3 Å². The molecule has 0 saturated heterocycles. The molecule has 0 radical (unpaired) electrons. The van der Waals surface area contributed by atoms with Gasteiger partial charge in [0, 0.05) is 17.2 Å². The summed E-state index contributed by atoms with van der Waals surface area (Å²) in [5.74, 6) is 0. The molecule has 1 heterocycles. The fourth-order valence-corrected chi connectivity index (χ4v) is 2.99. The van der Waals surface area contributed by atoms with Gasteiger partial charge in [0.25, 0.3) is 0 Å². The number of hydrogen-bond donors (Lipinski definition) is 2. The summed E-state index contributed by atoms with van der Waals surface area (Å²) in [5, 5.41) is 18.9. The van der Waals surface area contributed by atoms with Gasteiger partial charge in [-0.2, -0.15) is 0 Å². The molecule has 1 rings (SSSR count). The van der Waals surface area contributed by atoms with Crippen molar-refractivity contribution in [2.45, 2.75) is 6.92 Å². The van der Waals surface area contributed by atoms with E-state index >= 15 is 0 Å². The normalized spacial score (nSPS) is 13.2. The topological polar surface area (TPSA) is 62.5 Å². The highest BCUT2D eigenvalue weighted by Crippen LogP contribution is 2.18. The third-order valence-electron chi connectivity index (χ3n) is 2.75. The van der Waals surface area contributed by atoms with E-state index in [-0.39, 0.29) is 5.46 Å². The van der Waals surface area contributed by atoms with Gasteiger partial charge < -0.3 is 10.0 Å². The zero-order valence-electron chi connectivity index (χ0n) is 11.9. The zero-order valence-corrected chi connectivity index (χ0v) is 12.7. The van der Waals surface area contributed by atoms with Crippen LogP contribution >= 0.6 is 0 Å². The molecule has 110 valence electrons. The third-order valence-corrected chi connectivity index (χ3v) is 4.11. The average Bonchev–Trinajstić information content (AvgIpc) is 2.83. The van der Waals surface area contributed by atoms with E-state index in [1.54, 1.807) is 18.2 Å². The Morgan fingerprint density at radius 3 is 2.48 bits per heavy atom. The highest BCUT2D eigenvalue weighted by molar-refractivity contribution is 7.87. The second kappa shape index (κ2) is 7.78. The first kappa shape index (κ1) is 17.2. The largest absolute Gasteiger partial charge is 0.490 e. The second-order valence-corrected chi connectivity index (χ2v) is 5.41. The van der Waals surface area contributed by atoms with E-state index in [2.05, 4.69) is 19.7 Å². The van der Waals surface area contributed by atoms with Crippen LogP contribution in [0, 0.1) is 0 Å². The summed E-state index contributed by atoms with van der Waals surface area (Å²) in [6.45, 7) is 12.7. The van der Waals surface area contributed by atoms with Crippen molar-refractivity contribution < 1.29 is 14.3 Å². The van der Waals surface area contributed by atoms with Crippen molar-refractivity contribution in [3.8, 4) is 0 Å². The van der Waals surface area contributed by atoms with Crippen LogP contribution < -0.4 is 5.46 Å². The van der Waals surface area contributed by atoms with Crippen LogP contribution in [0.15, 0.2) is 55.1 Å². The van der Waals surface area contributed by atoms with Gasteiger partial charge in [-0.1, -0.05) is 44.0 Å². The van der Waals surface area contributed by atoms with Gasteiger partial charge in [0.05, 0.1) is 10.6 Å². The van der Waals surface area contributed by atoms with E-state index in [0.717, 1.165) is 0 Å². The van der Waals surface area contributed by atoms with Crippen molar-refractivity contribution in [3.63, 3.8) is 0 Å². The van der Waals surface area contributed by atoms with Gasteiger partial charge >= 0.3 is 7.12 Å². The maximum Gasteiger partial charge on any atom is 0.490 e. The molecular formula is C15H18BNO3S. The number of hydrogen-bond acceptors (Lipinski definition) is 3. The van der Waals surface area contributed by atoms with E-state index in [1.165, 1.54) is 28.4 Å². The molecule has 0 saturated carbocycles. The summed E-state index contributed by atoms with van der Waals surface area (Å²) in [6.07, 6.45) is 11.0. The molecule has 2 N–H and O–H groups in total. The lowest BCUT2D eigenvalue weighted by Gasteiger charge is -2.07. The van der Waals surface area contributed by atoms with Crippen LogP contribution in [0.3, 0.4) is 0 Å². The Hall–Kier alpha value is -1.89. The summed E-state index contributed by atoms with van der Waals surface area (Å²) in [4.78, 5) is 0.453. The number of nitrogens with zero attached hydrogens (tertiary/aromatic N) is 1. The molecule has 1 aromatic rings. The van der Waals surface area contributed by atoms with Gasteiger partial charge in [0.1, 0.15) is 0 Å². The van der Waals surface area contributed by atoms with Crippen molar-refractivity contribution >= 4 is 35.7 Å². The lowest BCUT2D eigenvalue weighted by molar-refractivity contribution is 0.426. The summed E-state index contributed by atoms with van der Waals surface area (Å²) in [5.41, 5.74) is 1.36. The van der Waals surface area contributed by atoms with Crippen LogP contribution in [0.4, 0.5) is 0 Å². The van der Waals surface area contributed by atoms with Gasteiger partial charge in [-0.3, -0.25) is 3.97 Å². The van der Waals surface area contributed by atoms with E-state index in [0.29, 0.717) is 16.2 Å². The van der Waals surface area contributed by atoms with Gasteiger partial charge in [0.2, 0.25) is 0 Å². The fourth-order valence-electron chi connectivity index (χ4n) is 1.85. The first-order valence-electron chi connectivity index (χ1n) is 6.25. The Bertz CT molecular complexity index is 642. The smallest absolute Gasteiger partial charge is 0.423 e. The SMILES string of the molecule is C=C/C=C(\C=C)S(=O)n1cc(B(O)O)c(/C=C\C)c1C=C. The molecular weight excluding hydrogens is 285 g/mol. The molecule has 1 unspecified atom stereocenters. The lowest BCUT2D eigenvalue weighted by atomic mass is 9.79. The maximum atomic E-state index is 12.6. The van der Waals surface area contributed by atoms with Gasteiger partial charge in [-0.15, -0.1) is 0 Å². The van der Waals surface area contributed by atoms with Crippen molar-refractivity contribution in [2.75, 3.05) is 0 Å². The number of aromatic nitrogens is 1. The highest BCUT2D eigenvalue weighted by atomic mass is 32.2. The maximum absolute atomic E-state index is 12.6. The van der Waals surface area contributed by atoms with Gasteiger partial charge in [-0.25, -0.2) is 4.21 Å². The van der Waals surface area contributed by atoms with Crippen LogP contribution in [-0.2, 0) is 11.0 Å². The van der Waals surface area contributed by atoms with Crippen LogP contribution in [-0.4, -0.2) is 25.3 Å². The molecule has 0 aliphatic carbocycles. The van der Waals surface area contributed by atoms with Crippen LogP contribution in [0.5, 0.6) is 0 Å². The monoisotopic (exact) mass is 303 g/mol. The van der Waals surface area contributed by atoms with Gasteiger partial charge in [0.15, 0.2) is 11.0 Å². The molecule has 0 aromatic carbocycles. The molecule has 0 aliphatic rings. The average molecular weight is 303 g/mol. The molecule has 0 spiro atoms. The molecule has 1 aromatic heterocycles. The van der Waals surface area contributed by atoms with Crippen LogP contribution in [0.1, 0.15) is 18.2 Å². The van der Waals surface area contributed by atoms with Crippen molar-refractivity contribution in [1.29, 1.82) is 0 Å². The Kier molecular flexibility index (Phi) is 6.36. The van der Waals surface area contributed by atoms with Crippen molar-refractivity contribution in [2.24, 2.45) is 0 Å². The minimum Gasteiger partial charge on any atom is -0.423 e. The molecule has 0 fully saturated rings. The molecule has 6 heteroatoms. The molecule has 4 nitrogen and oxygen atoms in total. The minimum absolute atomic E-state index is 0.262. The summed E-state index contributed by atoms with van der Waals surface area (Å²) >= 11 is 0. The molecule has 0 bridgehead atoms. The second-order valence-electron chi connectivity index (χ2n) is 4.04. The summed E-state index contributed by atoms with van der Waals surface area (Å²) < 4.78 is 14.0. The van der Waals surface area contributed by atoms with Crippen molar-refractivity contribution in [1.82, 2.24) is 3.97 Å². The quantitative estimate of drug-likeness (QED) is 0.594. The molecule has 1 atom stereocenters. The van der Waals surface area contributed by atoms with E-state index in [4.69, 9.17) is 0 Å². The first-order valence-corrected chi connectivity index (χ1v) is 7.36. The molecule has 0 aliphatic heterocycles. The Labute approximate surface area is 127 Å². The van der Waals surface area contributed by atoms with Crippen molar-refractivity contribution in [3.05, 3.63) is 66.4 Å². The molecule has 0 amide bonds. The summed E-state index contributed by atoms with van der Waals surface area (Å²) in [7, 11) is -3.24. The van der Waals surface area contributed by atoms with E-state index in [1.807, 2.05) is 6.92 Å². The predicted molar refractivity (Wildman–Crippen MR) is 91.1 cm³/mol. The molecule has 21 heavy (non-hydrogen) atoms. The minimum atomic E-state index is -1.66. The standard InChI is InChI=1S/C15H18BNO3S/c1-5-9-12(7-3)21(20)17-11-14(16(18)19)13(10-6-2)15(17)8-4/h5-11,18-19H,1,3-4H2,2H3/b10-6-,12-9+. The number of rotatable bonds is 7. The predicted octanol–water partition coefficient (Wildman–Crippen LogP) is 1.61.